The molecule has 0 saturated heterocycles. The van der Waals surface area contributed by atoms with Crippen molar-refractivity contribution in [2.45, 2.75) is 19.9 Å². The monoisotopic (exact) mass is 353 g/mol. The van der Waals surface area contributed by atoms with E-state index in [4.69, 9.17) is 16.6 Å². The van der Waals surface area contributed by atoms with Crippen molar-refractivity contribution in [3.05, 3.63) is 77.1 Å². The Morgan fingerprint density at radius 2 is 1.92 bits per heavy atom. The van der Waals surface area contributed by atoms with E-state index in [-0.39, 0.29) is 5.91 Å². The fourth-order valence-corrected chi connectivity index (χ4v) is 2.83. The summed E-state index contributed by atoms with van der Waals surface area (Å²) < 4.78 is 2.19. The molecule has 3 rings (SSSR count). The van der Waals surface area contributed by atoms with E-state index >= 15 is 0 Å². The van der Waals surface area contributed by atoms with Crippen molar-refractivity contribution in [1.82, 2.24) is 14.9 Å². The maximum Gasteiger partial charge on any atom is 0.246 e. The molecule has 1 heterocycles. The van der Waals surface area contributed by atoms with Gasteiger partial charge in [0.2, 0.25) is 5.91 Å². The van der Waals surface area contributed by atoms with Crippen molar-refractivity contribution in [2.24, 2.45) is 0 Å². The van der Waals surface area contributed by atoms with Gasteiger partial charge in [-0.1, -0.05) is 42.4 Å². The highest BCUT2D eigenvalue weighted by atomic mass is 35.5. The molecular weight excluding hydrogens is 334 g/mol. The third-order valence-electron chi connectivity index (χ3n) is 4.01. The first-order valence-electron chi connectivity index (χ1n) is 8.17. The normalized spacial score (nSPS) is 10.8. The van der Waals surface area contributed by atoms with E-state index in [1.165, 1.54) is 0 Å². The van der Waals surface area contributed by atoms with Gasteiger partial charge in [-0.05, 0) is 36.8 Å². The number of hydrogen-bond donors (Lipinski definition) is 1. The summed E-state index contributed by atoms with van der Waals surface area (Å²) in [6.45, 7) is 6.59. The fraction of sp³-hybridized carbons (Fsp3) is 0.200. The highest BCUT2D eigenvalue weighted by Gasteiger charge is 2.11. The molecule has 0 aliphatic rings. The second-order valence-corrected chi connectivity index (χ2v) is 6.45. The molecule has 128 valence electrons. The average Bonchev–Trinajstić information content (AvgIpc) is 2.94. The smallest absolute Gasteiger partial charge is 0.246 e. The maximum absolute atomic E-state index is 11.7. The Labute approximate surface area is 152 Å². The first-order chi connectivity index (χ1) is 12.0. The van der Waals surface area contributed by atoms with Gasteiger partial charge in [0.25, 0.3) is 0 Å². The summed E-state index contributed by atoms with van der Waals surface area (Å²) in [5.41, 5.74) is 3.70. The largest absolute Gasteiger partial charge is 0.352 e. The highest BCUT2D eigenvalue weighted by Crippen LogP contribution is 2.19. The first kappa shape index (κ1) is 17.2. The summed E-state index contributed by atoms with van der Waals surface area (Å²) in [7, 11) is 0. The zero-order valence-corrected chi connectivity index (χ0v) is 14.9. The highest BCUT2D eigenvalue weighted by molar-refractivity contribution is 6.30. The molecule has 0 radical (unpaired) electrons. The number of nitrogens with one attached hydrogen (secondary N) is 1. The van der Waals surface area contributed by atoms with Gasteiger partial charge in [0.1, 0.15) is 5.82 Å². The summed E-state index contributed by atoms with van der Waals surface area (Å²) in [5.74, 6) is 0.818. The molecule has 0 spiro atoms. The second-order valence-electron chi connectivity index (χ2n) is 6.02. The van der Waals surface area contributed by atoms with Crippen molar-refractivity contribution >= 4 is 28.5 Å². The summed E-state index contributed by atoms with van der Waals surface area (Å²) >= 11 is 5.98. The summed E-state index contributed by atoms with van der Waals surface area (Å²) in [5, 5.41) is 3.59. The molecule has 0 unspecified atom stereocenters. The number of fused-ring (bicyclic) bond motifs is 1. The molecule has 4 nitrogen and oxygen atoms in total. The molecule has 1 amide bonds. The minimum Gasteiger partial charge on any atom is -0.352 e. The van der Waals surface area contributed by atoms with Crippen LogP contribution in [0.4, 0.5) is 0 Å². The van der Waals surface area contributed by atoms with Crippen molar-refractivity contribution in [1.29, 1.82) is 0 Å². The minimum atomic E-state index is -0.125. The Bertz CT molecular complexity index is 912. The molecule has 0 bridgehead atoms. The Balaban J connectivity index is 1.85. The van der Waals surface area contributed by atoms with Gasteiger partial charge in [0.05, 0.1) is 11.0 Å². The summed E-state index contributed by atoms with van der Waals surface area (Å²) in [4.78, 5) is 16.4. The van der Waals surface area contributed by atoms with E-state index in [1.54, 1.807) is 6.92 Å². The van der Waals surface area contributed by atoms with Crippen LogP contribution in [0.1, 0.15) is 18.3 Å². The number of imidazole rings is 1. The van der Waals surface area contributed by atoms with Crippen molar-refractivity contribution in [3.8, 4) is 0 Å². The van der Waals surface area contributed by atoms with Crippen molar-refractivity contribution in [2.75, 3.05) is 6.54 Å². The molecule has 0 aliphatic heterocycles. The SMILES string of the molecule is C=C(C)C(=O)NCCc1nc2ccccc2n1Cc1ccc(Cl)cc1. The minimum absolute atomic E-state index is 0.125. The lowest BCUT2D eigenvalue weighted by atomic mass is 10.2. The van der Waals surface area contributed by atoms with E-state index < -0.39 is 0 Å². The number of carbonyl (C=O) groups is 1. The number of carbonyl (C=O) groups excluding carboxylic acids is 1. The second kappa shape index (κ2) is 7.53. The number of amides is 1. The van der Waals surface area contributed by atoms with Gasteiger partial charge in [-0.25, -0.2) is 4.98 Å². The zero-order chi connectivity index (χ0) is 17.8. The van der Waals surface area contributed by atoms with E-state index in [2.05, 4.69) is 22.5 Å². The topological polar surface area (TPSA) is 46.9 Å². The molecule has 0 atom stereocenters. The van der Waals surface area contributed by atoms with Crippen LogP contribution in [-0.2, 0) is 17.8 Å². The maximum atomic E-state index is 11.7. The van der Waals surface area contributed by atoms with E-state index in [0.717, 1.165) is 27.4 Å². The van der Waals surface area contributed by atoms with Crippen molar-refractivity contribution < 1.29 is 4.79 Å². The van der Waals surface area contributed by atoms with Gasteiger partial charge in [0.15, 0.2) is 0 Å². The van der Waals surface area contributed by atoms with Crippen LogP contribution >= 0.6 is 11.6 Å². The van der Waals surface area contributed by atoms with E-state index in [0.29, 0.717) is 25.1 Å². The molecule has 1 aromatic heterocycles. The molecule has 0 saturated carbocycles. The van der Waals surface area contributed by atoms with Crippen LogP contribution in [0.5, 0.6) is 0 Å². The quantitative estimate of drug-likeness (QED) is 0.681. The van der Waals surface area contributed by atoms with Crippen LogP contribution in [0, 0.1) is 0 Å². The lowest BCUT2D eigenvalue weighted by Crippen LogP contribution is -2.26. The number of hydrogen-bond acceptors (Lipinski definition) is 2. The number of para-hydroxylation sites is 2. The summed E-state index contributed by atoms with van der Waals surface area (Å²) in [6.07, 6.45) is 0.654. The van der Waals surface area contributed by atoms with Gasteiger partial charge in [-0.2, -0.15) is 0 Å². The summed E-state index contributed by atoms with van der Waals surface area (Å²) in [6, 6.07) is 15.9. The van der Waals surface area contributed by atoms with Crippen LogP contribution in [0.3, 0.4) is 0 Å². The Kier molecular flexibility index (Phi) is 5.19. The number of benzene rings is 2. The van der Waals surface area contributed by atoms with Crippen LogP contribution < -0.4 is 5.32 Å². The van der Waals surface area contributed by atoms with Gasteiger partial charge < -0.3 is 9.88 Å². The predicted octanol–water partition coefficient (Wildman–Crippen LogP) is 3.97. The van der Waals surface area contributed by atoms with E-state index in [9.17, 15) is 4.79 Å². The van der Waals surface area contributed by atoms with Gasteiger partial charge in [0, 0.05) is 30.1 Å². The van der Waals surface area contributed by atoms with Crippen molar-refractivity contribution in [3.63, 3.8) is 0 Å². The van der Waals surface area contributed by atoms with E-state index in [1.807, 2.05) is 42.5 Å². The molecule has 2 aromatic carbocycles. The number of halogens is 1. The Hall–Kier alpha value is -2.59. The molecule has 25 heavy (non-hydrogen) atoms. The van der Waals surface area contributed by atoms with Gasteiger partial charge >= 0.3 is 0 Å². The lowest BCUT2D eigenvalue weighted by molar-refractivity contribution is -0.117. The molecule has 1 N–H and O–H groups in total. The fourth-order valence-electron chi connectivity index (χ4n) is 2.70. The Morgan fingerprint density at radius 1 is 1.20 bits per heavy atom. The molecule has 0 fully saturated rings. The lowest BCUT2D eigenvalue weighted by Gasteiger charge is -2.10. The van der Waals surface area contributed by atoms with Crippen LogP contribution in [0.25, 0.3) is 11.0 Å². The number of aromatic nitrogens is 2. The molecule has 0 aliphatic carbocycles. The predicted molar refractivity (Wildman–Crippen MR) is 102 cm³/mol. The third kappa shape index (κ3) is 4.09. The van der Waals surface area contributed by atoms with Gasteiger partial charge in [-0.15, -0.1) is 0 Å². The van der Waals surface area contributed by atoms with Crippen LogP contribution in [0.2, 0.25) is 5.02 Å². The van der Waals surface area contributed by atoms with Crippen LogP contribution in [0.15, 0.2) is 60.7 Å². The standard InChI is InChI=1S/C20H20ClN3O/c1-14(2)20(25)22-12-11-19-23-17-5-3-4-6-18(17)24(19)13-15-7-9-16(21)10-8-15/h3-10H,1,11-13H2,2H3,(H,22,25). The first-order valence-corrected chi connectivity index (χ1v) is 8.54. The molecule has 3 aromatic rings. The molecule has 5 heteroatoms. The van der Waals surface area contributed by atoms with Gasteiger partial charge in [-0.3, -0.25) is 4.79 Å². The van der Waals surface area contributed by atoms with Crippen LogP contribution in [-0.4, -0.2) is 22.0 Å². The average molecular weight is 354 g/mol. The third-order valence-corrected chi connectivity index (χ3v) is 4.26. The Morgan fingerprint density at radius 3 is 2.64 bits per heavy atom. The zero-order valence-electron chi connectivity index (χ0n) is 14.1. The molecular formula is C20H20ClN3O. The number of rotatable bonds is 6. The number of nitrogens with zero attached hydrogens (tertiary/aromatic N) is 2.